The van der Waals surface area contributed by atoms with Crippen LogP contribution in [0, 0.1) is 0 Å². The van der Waals surface area contributed by atoms with Gasteiger partial charge in [0.05, 0.1) is 27.1 Å². The first-order valence-electron chi connectivity index (χ1n) is 33.5. The second kappa shape index (κ2) is 9.34. The van der Waals surface area contributed by atoms with Gasteiger partial charge in [-0.15, -0.1) is 0 Å². The summed E-state index contributed by atoms with van der Waals surface area (Å²) >= 11 is 0. The van der Waals surface area contributed by atoms with Crippen LogP contribution < -0.4 is 0 Å². The summed E-state index contributed by atoms with van der Waals surface area (Å²) in [5.41, 5.74) is 21.5. The maximum atomic E-state index is 17.6. The third-order valence-electron chi connectivity index (χ3n) is 30.8. The summed E-state index contributed by atoms with van der Waals surface area (Å²) in [6, 6.07) is 61.1. The highest BCUT2D eigenvalue weighted by molar-refractivity contribution is 6.77. The van der Waals surface area contributed by atoms with Gasteiger partial charge in [0.15, 0.2) is 0 Å². The molecule has 26 aromatic carbocycles. The largest absolute Gasteiger partial charge is 0.379 e. The highest BCUT2D eigenvalue weighted by atomic mass is 16.3. The van der Waals surface area contributed by atoms with Crippen molar-refractivity contribution >= 4 is 215 Å². The molecule has 91 heavy (non-hydrogen) atoms. The Morgan fingerprint density at radius 2 is 0.330 bits per heavy atom. The molecule has 0 amide bonds. The van der Waals surface area contributed by atoms with Crippen LogP contribution in [0.1, 0.15) is 83.5 Å². The van der Waals surface area contributed by atoms with E-state index < -0.39 is 32.7 Å². The van der Waals surface area contributed by atoms with Gasteiger partial charge in [0.1, 0.15) is 5.60 Å². The fraction of sp³-hybridized carbons (Fsp3) is 0.0667. The summed E-state index contributed by atoms with van der Waals surface area (Å²) in [5, 5.41) is 79.2. The monoisotopic (exact) mass is 1120 g/mol. The van der Waals surface area contributed by atoms with Gasteiger partial charge in [-0.05, 0) is 310 Å². The van der Waals surface area contributed by atoms with Gasteiger partial charge in [0.2, 0.25) is 0 Å². The maximum Gasteiger partial charge on any atom is 0.134 e. The van der Waals surface area contributed by atoms with Gasteiger partial charge >= 0.3 is 0 Å². The Labute approximate surface area is 507 Å². The predicted molar refractivity (Wildman–Crippen MR) is 368 cm³/mol. The van der Waals surface area contributed by atoms with Gasteiger partial charge in [-0.25, -0.2) is 0 Å². The molecule has 1 N–H and O–H groups in total. The molecule has 1 heteroatoms. The normalized spacial score (nSPS) is 27.4. The molecule has 392 valence electrons. The molecule has 11 aliphatic carbocycles. The number of benzene rings is 20. The molecule has 4 atom stereocenters. The molecule has 26 aromatic rings. The molecule has 11 aliphatic rings. The Balaban J connectivity index is 1.07. The standard InChI is InChI=1S/C90H26O/c91-90-79-69-59-49-39-34-32-31-33-35(34)40-48-46-38(33)44-42-36(31)41-43-37(32)45-47(39)57(59)67-65-55(45)53(43)63-61-51(41)52(42)62-64-54(44)56(46)66-68-58(48)60(50(40)49)70(69)80(90)78(68)88(29-22-12-4-13-23-29)76(66)74(64)86(27-18-8-2-9-19-27)72(62)71(61)85(26-16-6-1-7-17-26)73(63)75(65)87(77(67)79,28-20-10-3-11-21-28)83-81(85)82(86)84(88)89(83,90)30-24-14-5-15-25-30/h1-25,91H. The van der Waals surface area contributed by atoms with E-state index in [4.69, 9.17) is 0 Å². The summed E-state index contributed by atoms with van der Waals surface area (Å²) in [6.07, 6.45) is 0. The lowest BCUT2D eigenvalue weighted by atomic mass is 9.37. The first-order chi connectivity index (χ1) is 45.2. The van der Waals surface area contributed by atoms with E-state index in [-0.39, 0.29) is 0 Å². The van der Waals surface area contributed by atoms with Crippen LogP contribution in [0.5, 0.6) is 0 Å². The third-order valence-corrected chi connectivity index (χ3v) is 30.8. The van der Waals surface area contributed by atoms with Crippen LogP contribution in [0.25, 0.3) is 215 Å². The van der Waals surface area contributed by atoms with Crippen LogP contribution in [0.3, 0.4) is 0 Å². The summed E-state index contributed by atoms with van der Waals surface area (Å²) in [7, 11) is 0. The average Bonchev–Trinajstić information content (AvgIpc) is 1.37. The summed E-state index contributed by atoms with van der Waals surface area (Å²) in [4.78, 5) is 0. The highest BCUT2D eigenvalue weighted by Gasteiger charge is 2.87. The van der Waals surface area contributed by atoms with Crippen molar-refractivity contribution in [3.8, 4) is 0 Å². The predicted octanol–water partition coefficient (Wildman–Crippen LogP) is 20.4. The molecule has 0 aromatic heterocycles. The van der Waals surface area contributed by atoms with Gasteiger partial charge in [0.25, 0.3) is 0 Å². The number of aliphatic hydroxyl groups is 1. The zero-order valence-corrected chi connectivity index (χ0v) is 47.4. The van der Waals surface area contributed by atoms with E-state index >= 15 is 5.11 Å². The van der Waals surface area contributed by atoms with Crippen LogP contribution in [0.15, 0.2) is 174 Å². The summed E-state index contributed by atoms with van der Waals surface area (Å²) in [5.74, 6) is 0. The maximum absolute atomic E-state index is 17.6. The van der Waals surface area contributed by atoms with Crippen LogP contribution in [-0.4, -0.2) is 5.11 Å². The number of hydrogen-bond donors (Lipinski definition) is 1. The van der Waals surface area contributed by atoms with E-state index in [0.717, 1.165) is 0 Å². The Morgan fingerprint density at radius 3 is 0.560 bits per heavy atom. The van der Waals surface area contributed by atoms with E-state index in [2.05, 4.69) is 152 Å². The molecule has 0 bridgehead atoms. The lowest BCUT2D eigenvalue weighted by Gasteiger charge is -2.65. The van der Waals surface area contributed by atoms with Crippen LogP contribution in [0.2, 0.25) is 0 Å². The second-order valence-electron chi connectivity index (χ2n) is 31.5. The molecule has 0 radical (unpaired) electrons. The lowest BCUT2D eigenvalue weighted by Crippen LogP contribution is -2.65. The Morgan fingerprint density at radius 1 is 0.165 bits per heavy atom. The molecule has 0 heterocycles. The van der Waals surface area contributed by atoms with Crippen molar-refractivity contribution < 1.29 is 5.11 Å². The fourth-order valence-electron chi connectivity index (χ4n) is 30.4. The number of rotatable bonds is 5. The molecular weight excluding hydrogens is 1100 g/mol. The minimum atomic E-state index is -1.56. The van der Waals surface area contributed by atoms with Crippen molar-refractivity contribution in [1.29, 1.82) is 0 Å². The molecule has 0 saturated carbocycles. The van der Waals surface area contributed by atoms with Crippen LogP contribution in [0.4, 0.5) is 0 Å². The zero-order chi connectivity index (χ0) is 55.7. The molecular formula is C90H26O. The van der Waals surface area contributed by atoms with E-state index in [1.54, 1.807) is 173 Å². The van der Waals surface area contributed by atoms with Crippen molar-refractivity contribution in [2.45, 2.75) is 32.7 Å². The smallest absolute Gasteiger partial charge is 0.134 e. The zero-order valence-electron chi connectivity index (χ0n) is 47.4. The first kappa shape index (κ1) is 37.8. The molecule has 37 rings (SSSR count). The van der Waals surface area contributed by atoms with E-state index in [9.17, 15) is 0 Å². The molecule has 0 saturated heterocycles. The molecule has 0 fully saturated rings. The SMILES string of the molecule is OC12c3c4c5c6c7c8c9c%10c%11c%12c%13c%14c%15c%16c%17c%18c(c1c1c3c3c5c5c%19c6c9c6c9c%10c%13c%10c%13c%14c%17c%14c%17c%18c1c1c3c5c3c(c6%19)c(c9%10)c(c%13%14)c3c%171)C%16(c1ccccc1)C1=C(C(=C(C74c3ccccc3)C12c1ccccc1)C%118c1ccccc1)C%12%15c1ccccc1. The molecule has 1 nitrogen and oxygen atoms in total. The van der Waals surface area contributed by atoms with Gasteiger partial charge in [0, 0.05) is 11.1 Å². The molecule has 0 aliphatic heterocycles. The highest BCUT2D eigenvalue weighted by Crippen LogP contribution is 2.94. The summed E-state index contributed by atoms with van der Waals surface area (Å²) in [6.45, 7) is 0. The molecule has 0 spiro atoms. The van der Waals surface area contributed by atoms with Crippen molar-refractivity contribution in [3.05, 3.63) is 257 Å². The van der Waals surface area contributed by atoms with Gasteiger partial charge in [-0.3, -0.25) is 0 Å². The van der Waals surface area contributed by atoms with Crippen LogP contribution >= 0.6 is 0 Å². The van der Waals surface area contributed by atoms with E-state index in [0.29, 0.717) is 0 Å². The molecule has 4 unspecified atom stereocenters. The van der Waals surface area contributed by atoms with Crippen molar-refractivity contribution in [2.75, 3.05) is 0 Å². The number of allylic oxidation sites excluding steroid dienone is 2. The van der Waals surface area contributed by atoms with E-state index in [1.807, 2.05) is 0 Å². The Kier molecular flexibility index (Phi) is 3.88. The van der Waals surface area contributed by atoms with Gasteiger partial charge < -0.3 is 5.11 Å². The fourth-order valence-corrected chi connectivity index (χ4v) is 30.4. The Bertz CT molecular complexity index is 8030. The summed E-state index contributed by atoms with van der Waals surface area (Å²) < 4.78 is 0. The van der Waals surface area contributed by atoms with Crippen molar-refractivity contribution in [3.63, 3.8) is 0 Å². The first-order valence-corrected chi connectivity index (χ1v) is 33.5. The van der Waals surface area contributed by atoms with Gasteiger partial charge in [-0.1, -0.05) is 152 Å². The van der Waals surface area contributed by atoms with Crippen molar-refractivity contribution in [2.24, 2.45) is 0 Å². The van der Waals surface area contributed by atoms with Gasteiger partial charge in [-0.2, -0.15) is 0 Å². The minimum absolute atomic E-state index is 0.780. The van der Waals surface area contributed by atoms with Crippen molar-refractivity contribution in [1.82, 2.24) is 0 Å². The topological polar surface area (TPSA) is 20.2 Å². The Hall–Kier alpha value is -11.0. The lowest BCUT2D eigenvalue weighted by molar-refractivity contribution is 0.00756. The quantitative estimate of drug-likeness (QED) is 0.170. The average molecular weight is 1120 g/mol. The van der Waals surface area contributed by atoms with E-state index in [1.165, 1.54) is 148 Å². The minimum Gasteiger partial charge on any atom is -0.379 e. The number of hydrogen-bond acceptors (Lipinski definition) is 1. The second-order valence-corrected chi connectivity index (χ2v) is 31.5. The third kappa shape index (κ3) is 2.26. The van der Waals surface area contributed by atoms with Crippen LogP contribution in [-0.2, 0) is 32.7 Å².